The second-order valence-electron chi connectivity index (χ2n) is 14.9. The number of para-hydroxylation sites is 3. The number of rotatable bonds is 4. The molecule has 6 aromatic carbocycles. The fraction of sp³-hybridized carbons (Fsp3) is 0.146. The molecule has 0 saturated heterocycles. The van der Waals surface area contributed by atoms with Gasteiger partial charge in [0.05, 0.1) is 34.2 Å². The van der Waals surface area contributed by atoms with Crippen molar-refractivity contribution < 1.29 is 0 Å². The number of hydrogen-bond donors (Lipinski definition) is 0. The molecule has 0 saturated carbocycles. The van der Waals surface area contributed by atoms with Crippen LogP contribution in [0, 0.1) is 0 Å². The first-order chi connectivity index (χ1) is 25.6. The SMILES string of the molecule is CCC1=NC2C=CC=CC2N1c1ccc(-n2c3ccccc3c3c4c(c5c(c6ccccc6n5-c5ccccc5)c32)-c2ccccc2C4(C)C)cc1. The van der Waals surface area contributed by atoms with Crippen molar-refractivity contribution in [3.05, 3.63) is 163 Å². The molecule has 250 valence electrons. The van der Waals surface area contributed by atoms with Gasteiger partial charge < -0.3 is 14.0 Å². The molecule has 2 aliphatic carbocycles. The summed E-state index contributed by atoms with van der Waals surface area (Å²) >= 11 is 0. The first-order valence-electron chi connectivity index (χ1n) is 18.6. The van der Waals surface area contributed by atoms with Gasteiger partial charge in [0.1, 0.15) is 5.84 Å². The Balaban J connectivity index is 1.28. The van der Waals surface area contributed by atoms with Crippen molar-refractivity contribution in [2.24, 2.45) is 4.99 Å². The molecular formula is C48H38N4. The Bertz CT molecular complexity index is 2860. The molecule has 3 aliphatic rings. The lowest BCUT2D eigenvalue weighted by atomic mass is 9.80. The highest BCUT2D eigenvalue weighted by atomic mass is 15.3. The fourth-order valence-electron chi connectivity index (χ4n) is 9.76. The Hall–Kier alpha value is -6.13. The third-order valence-electron chi connectivity index (χ3n) is 11.9. The van der Waals surface area contributed by atoms with Crippen LogP contribution < -0.4 is 4.90 Å². The zero-order valence-electron chi connectivity index (χ0n) is 29.6. The van der Waals surface area contributed by atoms with Gasteiger partial charge in [-0.05, 0) is 65.2 Å². The predicted octanol–water partition coefficient (Wildman–Crippen LogP) is 11.7. The first-order valence-corrected chi connectivity index (χ1v) is 18.6. The van der Waals surface area contributed by atoms with E-state index in [0.29, 0.717) is 0 Å². The molecule has 0 spiro atoms. The van der Waals surface area contributed by atoms with Crippen molar-refractivity contribution in [2.45, 2.75) is 44.7 Å². The zero-order valence-corrected chi connectivity index (χ0v) is 29.6. The molecule has 3 heterocycles. The molecule has 0 bridgehead atoms. The van der Waals surface area contributed by atoms with Crippen molar-refractivity contribution in [3.63, 3.8) is 0 Å². The molecule has 8 aromatic rings. The van der Waals surface area contributed by atoms with Gasteiger partial charge in [0.2, 0.25) is 0 Å². The van der Waals surface area contributed by atoms with E-state index in [9.17, 15) is 0 Å². The van der Waals surface area contributed by atoms with Crippen molar-refractivity contribution in [2.75, 3.05) is 4.90 Å². The summed E-state index contributed by atoms with van der Waals surface area (Å²) in [4.78, 5) is 7.52. The number of aromatic nitrogens is 2. The van der Waals surface area contributed by atoms with Crippen molar-refractivity contribution >= 4 is 55.1 Å². The quantitative estimate of drug-likeness (QED) is 0.183. The third-order valence-corrected chi connectivity index (χ3v) is 11.9. The highest BCUT2D eigenvalue weighted by Gasteiger charge is 2.41. The van der Waals surface area contributed by atoms with Crippen LogP contribution in [0.2, 0.25) is 0 Å². The molecule has 2 unspecified atom stereocenters. The lowest BCUT2D eigenvalue weighted by Crippen LogP contribution is -2.38. The molecule has 4 nitrogen and oxygen atoms in total. The molecule has 1 aliphatic heterocycles. The number of nitrogens with zero attached hydrogens (tertiary/aromatic N) is 4. The normalized spacial score (nSPS) is 18.4. The number of benzene rings is 6. The van der Waals surface area contributed by atoms with Gasteiger partial charge in [-0.3, -0.25) is 4.99 Å². The van der Waals surface area contributed by atoms with Crippen LogP contribution in [0.3, 0.4) is 0 Å². The van der Waals surface area contributed by atoms with E-state index in [1.807, 2.05) is 0 Å². The van der Waals surface area contributed by atoms with E-state index in [1.165, 1.54) is 77.2 Å². The minimum atomic E-state index is -0.209. The van der Waals surface area contributed by atoms with E-state index in [-0.39, 0.29) is 17.5 Å². The number of allylic oxidation sites excluding steroid dienone is 2. The van der Waals surface area contributed by atoms with Crippen LogP contribution in [0.15, 0.2) is 157 Å². The summed E-state index contributed by atoms with van der Waals surface area (Å²) in [7, 11) is 0. The lowest BCUT2D eigenvalue weighted by Gasteiger charge is -2.28. The number of aliphatic imine (C=N–C) groups is 1. The summed E-state index contributed by atoms with van der Waals surface area (Å²) in [5.41, 5.74) is 13.8. The van der Waals surface area contributed by atoms with Crippen molar-refractivity contribution in [1.29, 1.82) is 0 Å². The lowest BCUT2D eigenvalue weighted by molar-refractivity contribution is 0.667. The molecule has 2 atom stereocenters. The molecular weight excluding hydrogens is 633 g/mol. The van der Waals surface area contributed by atoms with Gasteiger partial charge in [-0.2, -0.15) is 0 Å². The Morgan fingerprint density at radius 2 is 1.19 bits per heavy atom. The highest BCUT2D eigenvalue weighted by Crippen LogP contribution is 2.58. The third kappa shape index (κ3) is 3.79. The van der Waals surface area contributed by atoms with Crippen LogP contribution in [0.4, 0.5) is 5.69 Å². The Labute approximate surface area is 303 Å². The summed E-state index contributed by atoms with van der Waals surface area (Å²) in [5, 5.41) is 5.20. The van der Waals surface area contributed by atoms with Crippen LogP contribution in [0.25, 0.3) is 66.1 Å². The maximum Gasteiger partial charge on any atom is 0.104 e. The number of anilines is 1. The van der Waals surface area contributed by atoms with Gasteiger partial charge in [-0.15, -0.1) is 0 Å². The molecule has 4 heteroatoms. The molecule has 0 radical (unpaired) electrons. The Morgan fingerprint density at radius 1 is 0.596 bits per heavy atom. The van der Waals surface area contributed by atoms with Gasteiger partial charge in [0.25, 0.3) is 0 Å². The Kier molecular flexibility index (Phi) is 6.08. The van der Waals surface area contributed by atoms with E-state index in [1.54, 1.807) is 0 Å². The van der Waals surface area contributed by atoms with Gasteiger partial charge in [-0.25, -0.2) is 0 Å². The summed E-state index contributed by atoms with van der Waals surface area (Å²) < 4.78 is 5.07. The minimum absolute atomic E-state index is 0.168. The van der Waals surface area contributed by atoms with E-state index in [2.05, 4.69) is 187 Å². The molecule has 11 rings (SSSR count). The van der Waals surface area contributed by atoms with Gasteiger partial charge in [0, 0.05) is 56.0 Å². The smallest absolute Gasteiger partial charge is 0.104 e. The van der Waals surface area contributed by atoms with Crippen molar-refractivity contribution in [1.82, 2.24) is 9.13 Å². The maximum atomic E-state index is 5.09. The molecule has 0 amide bonds. The van der Waals surface area contributed by atoms with Crippen molar-refractivity contribution in [3.8, 4) is 22.5 Å². The Morgan fingerprint density at radius 3 is 1.94 bits per heavy atom. The number of hydrogen-bond acceptors (Lipinski definition) is 2. The average Bonchev–Trinajstić information content (AvgIpc) is 3.90. The minimum Gasteiger partial charge on any atom is -0.321 e. The highest BCUT2D eigenvalue weighted by molar-refractivity contribution is 6.31. The summed E-state index contributed by atoms with van der Waals surface area (Å²) in [6, 6.07) is 47.6. The van der Waals surface area contributed by atoms with E-state index >= 15 is 0 Å². The van der Waals surface area contributed by atoms with Crippen LogP contribution in [0.1, 0.15) is 38.3 Å². The monoisotopic (exact) mass is 670 g/mol. The second kappa shape index (κ2) is 10.7. The zero-order chi connectivity index (χ0) is 34.7. The second-order valence-corrected chi connectivity index (χ2v) is 14.9. The molecule has 0 fully saturated rings. The predicted molar refractivity (Wildman–Crippen MR) is 219 cm³/mol. The molecule has 52 heavy (non-hydrogen) atoms. The van der Waals surface area contributed by atoms with Gasteiger partial charge >= 0.3 is 0 Å². The maximum absolute atomic E-state index is 5.09. The summed E-state index contributed by atoms with van der Waals surface area (Å²) in [5.74, 6) is 1.14. The number of amidine groups is 1. The van der Waals surface area contributed by atoms with E-state index < -0.39 is 0 Å². The van der Waals surface area contributed by atoms with Gasteiger partial charge in [-0.1, -0.05) is 124 Å². The van der Waals surface area contributed by atoms with Crippen LogP contribution in [-0.4, -0.2) is 27.1 Å². The van der Waals surface area contributed by atoms with Crippen LogP contribution in [0.5, 0.6) is 0 Å². The van der Waals surface area contributed by atoms with E-state index in [0.717, 1.165) is 17.9 Å². The fourth-order valence-corrected chi connectivity index (χ4v) is 9.76. The van der Waals surface area contributed by atoms with Crippen LogP contribution in [-0.2, 0) is 5.41 Å². The number of fused-ring (bicyclic) bond motifs is 13. The molecule has 2 aromatic heterocycles. The summed E-state index contributed by atoms with van der Waals surface area (Å²) in [6.45, 7) is 7.05. The van der Waals surface area contributed by atoms with Crippen LogP contribution >= 0.6 is 0 Å². The standard InChI is InChI=1S/C48H38N4/c1-4-41-49-37-22-12-15-25-40(37)50(41)31-26-28-32(29-27-31)52-38-23-13-9-19-34(38)43-45-42(33-18-8-11-21-36(33)48(45,2)3)46-44(47(43)52)35-20-10-14-24-39(35)51(46)30-16-6-5-7-17-30/h5-29,37,40H,4H2,1-3H3. The molecule has 0 N–H and O–H groups in total. The summed E-state index contributed by atoms with van der Waals surface area (Å²) in [6.07, 6.45) is 9.69. The van der Waals surface area contributed by atoms with Gasteiger partial charge in [0.15, 0.2) is 0 Å². The largest absolute Gasteiger partial charge is 0.321 e. The first kappa shape index (κ1) is 29.6. The van der Waals surface area contributed by atoms with E-state index in [4.69, 9.17) is 4.99 Å². The topological polar surface area (TPSA) is 25.5 Å². The average molecular weight is 671 g/mol.